The highest BCUT2D eigenvalue weighted by Crippen LogP contribution is 2.43. The number of nitriles is 1. The first kappa shape index (κ1) is 21.8. The molecule has 2 aliphatic heterocycles. The molecule has 7 nitrogen and oxygen atoms in total. The van der Waals surface area contributed by atoms with Gasteiger partial charge in [0.25, 0.3) is 0 Å². The zero-order chi connectivity index (χ0) is 22.7. The summed E-state index contributed by atoms with van der Waals surface area (Å²) in [5.74, 6) is 0.553. The number of fused-ring (bicyclic) bond motifs is 1. The summed E-state index contributed by atoms with van der Waals surface area (Å²) in [5, 5.41) is 10.7. The molecule has 0 saturated carbocycles. The van der Waals surface area contributed by atoms with Crippen molar-refractivity contribution in [1.29, 1.82) is 5.26 Å². The van der Waals surface area contributed by atoms with E-state index in [1.807, 2.05) is 35.2 Å². The van der Waals surface area contributed by atoms with Crippen molar-refractivity contribution in [3.63, 3.8) is 0 Å². The molecule has 0 bridgehead atoms. The Hall–Kier alpha value is -3.44. The highest BCUT2D eigenvalue weighted by molar-refractivity contribution is 8.03. The van der Waals surface area contributed by atoms with Gasteiger partial charge in [-0.05, 0) is 42.8 Å². The number of hydrogen-bond donors (Lipinski definition) is 0. The minimum Gasteiger partial charge on any atom is -0.497 e. The van der Waals surface area contributed by atoms with Crippen molar-refractivity contribution in [2.75, 3.05) is 31.2 Å². The summed E-state index contributed by atoms with van der Waals surface area (Å²) in [4.78, 5) is 28.9. The van der Waals surface area contributed by atoms with Crippen molar-refractivity contribution in [1.82, 2.24) is 4.90 Å². The number of anilines is 1. The fourth-order valence-electron chi connectivity index (χ4n) is 3.91. The molecule has 1 fully saturated rings. The van der Waals surface area contributed by atoms with Gasteiger partial charge in [-0.1, -0.05) is 30.0 Å². The van der Waals surface area contributed by atoms with Crippen LogP contribution in [0.15, 0.2) is 59.1 Å². The predicted octanol–water partition coefficient (Wildman–Crippen LogP) is 4.09. The van der Waals surface area contributed by atoms with Crippen LogP contribution in [0.4, 0.5) is 5.69 Å². The number of esters is 1. The minimum absolute atomic E-state index is 0.0365. The monoisotopic (exact) mass is 449 g/mol. The summed E-state index contributed by atoms with van der Waals surface area (Å²) in [6, 6.07) is 17.1. The highest BCUT2D eigenvalue weighted by Gasteiger charge is 2.38. The Labute approximate surface area is 191 Å². The van der Waals surface area contributed by atoms with Gasteiger partial charge < -0.3 is 14.4 Å². The Morgan fingerprint density at radius 3 is 2.81 bits per heavy atom. The van der Waals surface area contributed by atoms with Crippen molar-refractivity contribution < 1.29 is 19.1 Å². The molecule has 8 heteroatoms. The van der Waals surface area contributed by atoms with E-state index in [2.05, 4.69) is 6.07 Å². The second-order valence-electron chi connectivity index (χ2n) is 7.41. The molecule has 0 aromatic heterocycles. The van der Waals surface area contributed by atoms with Crippen molar-refractivity contribution in [3.8, 4) is 11.8 Å². The SMILES string of the molecule is CCOC(=O)c1cccc(N2CSC3=C(C#N)[C@@H](c4cccc(OC)c4)CC(=O)N3C2)c1. The number of thioether (sulfide) groups is 1. The third kappa shape index (κ3) is 4.16. The molecule has 1 saturated heterocycles. The van der Waals surface area contributed by atoms with Crippen LogP contribution in [0.2, 0.25) is 0 Å². The quantitative estimate of drug-likeness (QED) is 0.636. The molecule has 4 rings (SSSR count). The van der Waals surface area contributed by atoms with Crippen LogP contribution in [-0.4, -0.2) is 43.0 Å². The Morgan fingerprint density at radius 2 is 2.06 bits per heavy atom. The van der Waals surface area contributed by atoms with Crippen LogP contribution in [0.5, 0.6) is 5.75 Å². The van der Waals surface area contributed by atoms with E-state index >= 15 is 0 Å². The zero-order valence-electron chi connectivity index (χ0n) is 17.9. The number of allylic oxidation sites excluding steroid dienone is 1. The number of hydrogen-bond acceptors (Lipinski definition) is 7. The van der Waals surface area contributed by atoms with E-state index in [-0.39, 0.29) is 24.2 Å². The first-order valence-electron chi connectivity index (χ1n) is 10.3. The van der Waals surface area contributed by atoms with E-state index < -0.39 is 0 Å². The maximum absolute atomic E-state index is 13.1. The van der Waals surface area contributed by atoms with E-state index in [1.54, 1.807) is 37.1 Å². The minimum atomic E-state index is -0.374. The molecule has 1 atom stereocenters. The van der Waals surface area contributed by atoms with Gasteiger partial charge in [-0.2, -0.15) is 5.26 Å². The third-order valence-electron chi connectivity index (χ3n) is 5.51. The van der Waals surface area contributed by atoms with Crippen molar-refractivity contribution in [2.24, 2.45) is 0 Å². The number of rotatable bonds is 5. The smallest absolute Gasteiger partial charge is 0.338 e. The van der Waals surface area contributed by atoms with E-state index in [0.29, 0.717) is 41.1 Å². The Morgan fingerprint density at radius 1 is 1.25 bits per heavy atom. The highest BCUT2D eigenvalue weighted by atomic mass is 32.2. The van der Waals surface area contributed by atoms with E-state index in [4.69, 9.17) is 9.47 Å². The van der Waals surface area contributed by atoms with Gasteiger partial charge in [0.05, 0.1) is 48.5 Å². The van der Waals surface area contributed by atoms with Gasteiger partial charge in [-0.15, -0.1) is 0 Å². The second kappa shape index (κ2) is 9.37. The molecular formula is C24H23N3O4S. The lowest BCUT2D eigenvalue weighted by atomic mass is 9.86. The van der Waals surface area contributed by atoms with Gasteiger partial charge in [0, 0.05) is 18.0 Å². The number of amides is 1. The molecule has 1 amide bonds. The maximum Gasteiger partial charge on any atom is 0.338 e. The van der Waals surface area contributed by atoms with Crippen LogP contribution in [-0.2, 0) is 9.53 Å². The summed E-state index contributed by atoms with van der Waals surface area (Å²) in [6.07, 6.45) is 0.219. The molecule has 2 aromatic rings. The largest absolute Gasteiger partial charge is 0.497 e. The average Bonchev–Trinajstić information content (AvgIpc) is 2.84. The first-order valence-corrected chi connectivity index (χ1v) is 11.3. The van der Waals surface area contributed by atoms with Gasteiger partial charge in [0.1, 0.15) is 5.75 Å². The Bertz CT molecular complexity index is 1120. The lowest BCUT2D eigenvalue weighted by molar-refractivity contribution is -0.129. The zero-order valence-corrected chi connectivity index (χ0v) is 18.7. The average molecular weight is 450 g/mol. The molecule has 2 aromatic carbocycles. The number of carbonyl (C=O) groups excluding carboxylic acids is 2. The van der Waals surface area contributed by atoms with Crippen LogP contribution in [0.25, 0.3) is 0 Å². The molecule has 0 radical (unpaired) electrons. The summed E-state index contributed by atoms with van der Waals surface area (Å²) < 4.78 is 10.4. The fraction of sp³-hybridized carbons (Fsp3) is 0.292. The molecular weight excluding hydrogens is 426 g/mol. The normalized spacial score (nSPS) is 18.2. The number of ether oxygens (including phenoxy) is 2. The number of methoxy groups -OCH3 is 1. The Kier molecular flexibility index (Phi) is 6.37. The van der Waals surface area contributed by atoms with Crippen LogP contribution in [0.1, 0.15) is 35.2 Å². The molecule has 0 unspecified atom stereocenters. The predicted molar refractivity (Wildman–Crippen MR) is 122 cm³/mol. The molecule has 2 aliphatic rings. The third-order valence-corrected chi connectivity index (χ3v) is 6.67. The van der Waals surface area contributed by atoms with Crippen molar-refractivity contribution in [3.05, 3.63) is 70.3 Å². The molecule has 2 heterocycles. The summed E-state index contributed by atoms with van der Waals surface area (Å²) in [5.41, 5.74) is 2.79. The van der Waals surface area contributed by atoms with Crippen LogP contribution in [0.3, 0.4) is 0 Å². The van der Waals surface area contributed by atoms with E-state index in [9.17, 15) is 14.9 Å². The summed E-state index contributed by atoms with van der Waals surface area (Å²) in [7, 11) is 1.60. The van der Waals surface area contributed by atoms with Crippen LogP contribution in [0, 0.1) is 11.3 Å². The fourth-order valence-corrected chi connectivity index (χ4v) is 5.08. The van der Waals surface area contributed by atoms with Crippen molar-refractivity contribution >= 4 is 29.3 Å². The topological polar surface area (TPSA) is 82.9 Å². The Balaban J connectivity index is 1.61. The molecule has 0 spiro atoms. The van der Waals surface area contributed by atoms with E-state index in [1.165, 1.54) is 11.8 Å². The lowest BCUT2D eigenvalue weighted by Crippen LogP contribution is -2.47. The van der Waals surface area contributed by atoms with Crippen molar-refractivity contribution in [2.45, 2.75) is 19.3 Å². The van der Waals surface area contributed by atoms with Gasteiger partial charge in [-0.25, -0.2) is 4.79 Å². The van der Waals surface area contributed by atoms with Gasteiger partial charge in [0.15, 0.2) is 0 Å². The van der Waals surface area contributed by atoms with Crippen LogP contribution < -0.4 is 9.64 Å². The lowest BCUT2D eigenvalue weighted by Gasteiger charge is -2.42. The number of nitrogens with zero attached hydrogens (tertiary/aromatic N) is 3. The standard InChI is InChI=1S/C24H23N3O4S/c1-3-31-24(29)17-7-4-8-18(10-17)26-14-27-22(28)12-20(21(13-25)23(27)32-15-26)16-6-5-9-19(11-16)30-2/h4-11,20H,3,12,14-15H2,1-2H3/t20-/m1/s1. The first-order chi connectivity index (χ1) is 15.5. The van der Waals surface area contributed by atoms with E-state index in [0.717, 1.165) is 11.3 Å². The van der Waals surface area contributed by atoms with Crippen LogP contribution >= 0.6 is 11.8 Å². The maximum atomic E-state index is 13.1. The van der Waals surface area contributed by atoms with Gasteiger partial charge >= 0.3 is 5.97 Å². The van der Waals surface area contributed by atoms with Gasteiger partial charge in [0.2, 0.25) is 5.91 Å². The summed E-state index contributed by atoms with van der Waals surface area (Å²) in [6.45, 7) is 2.40. The van der Waals surface area contributed by atoms with Gasteiger partial charge in [-0.3, -0.25) is 9.69 Å². The summed E-state index contributed by atoms with van der Waals surface area (Å²) >= 11 is 1.46. The second-order valence-corrected chi connectivity index (χ2v) is 8.34. The molecule has 0 aliphatic carbocycles. The number of benzene rings is 2. The molecule has 32 heavy (non-hydrogen) atoms. The molecule has 0 N–H and O–H groups in total. The number of carbonyl (C=O) groups is 2. The molecule has 164 valence electrons.